The first kappa shape index (κ1) is 23.8. The van der Waals surface area contributed by atoms with Crippen LogP contribution >= 0.6 is 0 Å². The zero-order valence-corrected chi connectivity index (χ0v) is 13.5. The summed E-state index contributed by atoms with van der Waals surface area (Å²) in [5, 5.41) is 0. The molecule has 0 aliphatic carbocycles. The van der Waals surface area contributed by atoms with Gasteiger partial charge in [0, 0.05) is 0 Å². The molecule has 0 aromatic heterocycles. The minimum atomic E-state index is 0. The van der Waals surface area contributed by atoms with E-state index < -0.39 is 0 Å². The summed E-state index contributed by atoms with van der Waals surface area (Å²) in [6.07, 6.45) is 2.86. The quantitative estimate of drug-likeness (QED) is 0.448. The average molecular weight is 212 g/mol. The molecule has 0 amide bonds. The van der Waals surface area contributed by atoms with E-state index in [2.05, 4.69) is 4.90 Å². The van der Waals surface area contributed by atoms with Crippen molar-refractivity contribution in [1.29, 1.82) is 0 Å². The van der Waals surface area contributed by atoms with Gasteiger partial charge in [0.05, 0.1) is 0 Å². The molecule has 0 heterocycles. The van der Waals surface area contributed by atoms with E-state index in [4.69, 9.17) is 0 Å². The molecule has 0 aromatic carbocycles. The van der Waals surface area contributed by atoms with Crippen LogP contribution in [0, 0.1) is 13.3 Å². The van der Waals surface area contributed by atoms with Gasteiger partial charge in [-0.15, -0.1) is 5.92 Å². The maximum absolute atomic E-state index is 9.97. The molecular weight excluding hydrogens is 189 g/mol. The Morgan fingerprint density at radius 3 is 1.92 bits per heavy atom. The van der Waals surface area contributed by atoms with Crippen LogP contribution in [0.4, 0.5) is 0 Å². The number of hydrogen-bond acceptors (Lipinski definition) is 2. The summed E-state index contributed by atoms with van der Waals surface area (Å²) in [7, 11) is 4.00. The first-order valence-corrected chi connectivity index (χ1v) is 4.19. The van der Waals surface area contributed by atoms with Gasteiger partial charge in [-0.2, -0.15) is 0 Å². The van der Waals surface area contributed by atoms with E-state index in [-0.39, 0.29) is 64.7 Å². The Morgan fingerprint density at radius 1 is 1.31 bits per heavy atom. The third-order valence-corrected chi connectivity index (χ3v) is 1.21. The van der Waals surface area contributed by atoms with Crippen molar-refractivity contribution in [3.8, 4) is 0 Å². The fourth-order valence-electron chi connectivity index (χ4n) is 0.511. The van der Waals surface area contributed by atoms with Gasteiger partial charge in [-0.05, 0) is 20.6 Å². The summed E-state index contributed by atoms with van der Waals surface area (Å²) in [5.41, 5.74) is 0. The van der Waals surface area contributed by atoms with Gasteiger partial charge < -0.3 is 17.1 Å². The van der Waals surface area contributed by atoms with E-state index in [1.54, 1.807) is 0 Å². The van der Waals surface area contributed by atoms with Gasteiger partial charge in [0.1, 0.15) is 0 Å². The van der Waals surface area contributed by atoms with Gasteiger partial charge in [-0.3, -0.25) is 6.29 Å². The molecule has 0 aromatic rings. The van der Waals surface area contributed by atoms with Crippen molar-refractivity contribution in [3.05, 3.63) is 7.43 Å². The van der Waals surface area contributed by atoms with Crippen LogP contribution in [-0.4, -0.2) is 31.8 Å². The zero-order chi connectivity index (χ0) is 9.28. The van der Waals surface area contributed by atoms with Crippen LogP contribution < -0.4 is 51.4 Å². The van der Waals surface area contributed by atoms with Gasteiger partial charge in [0.25, 0.3) is 0 Å². The molecule has 13 heavy (non-hydrogen) atoms. The normalized spacial score (nSPS) is 10.0. The summed E-state index contributed by atoms with van der Waals surface area (Å²) < 4.78 is 0. The number of rotatable bonds is 4. The Bertz CT molecular complexity index is 87.0. The van der Waals surface area contributed by atoms with E-state index in [0.29, 0.717) is 0 Å². The Morgan fingerprint density at radius 2 is 1.69 bits per heavy atom. The number of hydrogen-bond donors (Lipinski definition) is 0. The fraction of sp³-hybridized carbons (Fsp3) is 0.800. The minimum absolute atomic E-state index is 0. The van der Waals surface area contributed by atoms with Gasteiger partial charge in [-0.25, -0.2) is 0 Å². The van der Waals surface area contributed by atoms with E-state index in [9.17, 15) is 4.79 Å². The zero-order valence-electron chi connectivity index (χ0n) is 10.3. The van der Waals surface area contributed by atoms with E-state index in [1.165, 1.54) is 0 Å². The van der Waals surface area contributed by atoms with Gasteiger partial charge >= 0.3 is 51.4 Å². The topological polar surface area (TPSA) is 20.3 Å². The van der Waals surface area contributed by atoms with Crippen LogP contribution in [0.1, 0.15) is 27.2 Å². The summed E-state index contributed by atoms with van der Waals surface area (Å²) in [5.74, 6) is 0.0902. The van der Waals surface area contributed by atoms with Crippen molar-refractivity contribution < 1.29 is 56.2 Å². The standard InChI is InChI=1S/C7H14NO.C2H6.CH3.K/c1-7(6-9)4-5-8(2)3;1-2;;/h7H,4-5H2,1-3H3;1-2H3;1H3;/q-1;;-1;+1. The van der Waals surface area contributed by atoms with E-state index >= 15 is 0 Å². The summed E-state index contributed by atoms with van der Waals surface area (Å²) in [6, 6.07) is 0. The molecule has 0 rings (SSSR count). The van der Waals surface area contributed by atoms with Gasteiger partial charge in [0.2, 0.25) is 0 Å². The van der Waals surface area contributed by atoms with Crippen LogP contribution in [0.15, 0.2) is 0 Å². The van der Waals surface area contributed by atoms with Crippen molar-refractivity contribution in [1.82, 2.24) is 4.90 Å². The Hall–Kier alpha value is 1.27. The van der Waals surface area contributed by atoms with Crippen LogP contribution in [0.3, 0.4) is 0 Å². The summed E-state index contributed by atoms with van der Waals surface area (Å²) in [4.78, 5) is 12.0. The summed E-state index contributed by atoms with van der Waals surface area (Å²) >= 11 is 0. The number of nitrogens with zero attached hydrogens (tertiary/aromatic N) is 1. The molecular formula is C10H23KNO-. The molecule has 1 atom stereocenters. The molecule has 0 N–H and O–H groups in total. The molecule has 3 heteroatoms. The molecule has 0 fully saturated rings. The molecule has 0 spiro atoms. The van der Waals surface area contributed by atoms with Gasteiger partial charge in [0.15, 0.2) is 0 Å². The molecule has 1 unspecified atom stereocenters. The third kappa shape index (κ3) is 24.6. The maximum atomic E-state index is 9.97. The minimum Gasteiger partial charge on any atom is -0.542 e. The van der Waals surface area contributed by atoms with Gasteiger partial charge in [-0.1, -0.05) is 27.2 Å². The molecule has 0 bridgehead atoms. The van der Waals surface area contributed by atoms with Crippen LogP contribution in [0.2, 0.25) is 0 Å². The third-order valence-electron chi connectivity index (χ3n) is 1.21. The monoisotopic (exact) mass is 212 g/mol. The molecule has 0 aliphatic rings. The van der Waals surface area contributed by atoms with Crippen molar-refractivity contribution in [2.75, 3.05) is 20.6 Å². The van der Waals surface area contributed by atoms with Crippen molar-refractivity contribution in [2.24, 2.45) is 5.92 Å². The van der Waals surface area contributed by atoms with Crippen LogP contribution in [0.25, 0.3) is 0 Å². The Kier molecular flexibility index (Phi) is 34.7. The SMILES string of the molecule is CC.CC([C-]=O)CCN(C)C.[CH3-].[K+]. The second kappa shape index (κ2) is 18.9. The van der Waals surface area contributed by atoms with E-state index in [1.807, 2.05) is 41.2 Å². The molecule has 76 valence electrons. The Labute approximate surface area is 127 Å². The molecule has 0 saturated heterocycles. The van der Waals surface area contributed by atoms with E-state index in [0.717, 1.165) is 13.0 Å². The molecule has 0 radical (unpaired) electrons. The first-order chi connectivity index (χ1) is 5.16. The number of carbonyl (C=O) groups excluding carboxylic acids is 1. The average Bonchev–Trinajstić information content (AvgIpc) is 2.04. The predicted molar refractivity (Wildman–Crippen MR) is 55.8 cm³/mol. The summed E-state index contributed by atoms with van der Waals surface area (Å²) in [6.45, 7) is 6.85. The first-order valence-electron chi connectivity index (χ1n) is 4.19. The van der Waals surface area contributed by atoms with Crippen molar-refractivity contribution in [3.63, 3.8) is 0 Å². The second-order valence-electron chi connectivity index (χ2n) is 2.61. The van der Waals surface area contributed by atoms with Crippen LogP contribution in [-0.2, 0) is 4.79 Å². The second-order valence-corrected chi connectivity index (χ2v) is 2.61. The molecule has 0 saturated carbocycles. The largest absolute Gasteiger partial charge is 1.00 e. The van der Waals surface area contributed by atoms with Crippen molar-refractivity contribution in [2.45, 2.75) is 27.2 Å². The Balaban J connectivity index is -0.0000000941. The van der Waals surface area contributed by atoms with Crippen molar-refractivity contribution >= 4 is 6.29 Å². The molecule has 0 aliphatic heterocycles. The fourth-order valence-corrected chi connectivity index (χ4v) is 0.511. The van der Waals surface area contributed by atoms with Crippen LogP contribution in [0.5, 0.6) is 0 Å². The smallest absolute Gasteiger partial charge is 0.542 e. The molecule has 2 nitrogen and oxygen atoms in total. The maximum Gasteiger partial charge on any atom is 1.00 e. The predicted octanol–water partition coefficient (Wildman–Crippen LogP) is -0.836.